The van der Waals surface area contributed by atoms with Crippen LogP contribution in [-0.4, -0.2) is 9.55 Å². The third kappa shape index (κ3) is 3.78. The summed E-state index contributed by atoms with van der Waals surface area (Å²) in [7, 11) is 0. The number of halogens is 1. The molecule has 5 heteroatoms. The van der Waals surface area contributed by atoms with E-state index in [4.69, 9.17) is 16.0 Å². The summed E-state index contributed by atoms with van der Waals surface area (Å²) in [5, 5.41) is 9.11. The van der Waals surface area contributed by atoms with Crippen molar-refractivity contribution in [2.75, 3.05) is 0 Å². The highest BCUT2D eigenvalue weighted by Crippen LogP contribution is 2.41. The van der Waals surface area contributed by atoms with Gasteiger partial charge in [0.05, 0.1) is 23.1 Å². The van der Waals surface area contributed by atoms with Gasteiger partial charge in [0, 0.05) is 6.20 Å². The van der Waals surface area contributed by atoms with Crippen LogP contribution in [-0.2, 0) is 11.1 Å². The molecule has 0 amide bonds. The molecule has 1 atom stereocenters. The molecule has 176 valence electrons. The van der Waals surface area contributed by atoms with E-state index in [0.29, 0.717) is 11.3 Å². The molecule has 0 saturated heterocycles. The Labute approximate surface area is 210 Å². The summed E-state index contributed by atoms with van der Waals surface area (Å²) in [6, 6.07) is 37.1. The van der Waals surface area contributed by atoms with Crippen LogP contribution in [0, 0.1) is 17.1 Å². The van der Waals surface area contributed by atoms with Gasteiger partial charge >= 0.3 is 0 Å². The van der Waals surface area contributed by atoms with Crippen molar-refractivity contribution in [3.05, 3.63) is 161 Å². The second-order valence-electron chi connectivity index (χ2n) is 8.98. The van der Waals surface area contributed by atoms with Crippen molar-refractivity contribution in [1.82, 2.24) is 9.55 Å². The summed E-state index contributed by atoms with van der Waals surface area (Å²) >= 11 is 0. The van der Waals surface area contributed by atoms with Crippen LogP contribution in [0.25, 0.3) is 0 Å². The molecular formula is C31H25FN4. The molecule has 0 bridgehead atoms. The molecule has 0 aliphatic heterocycles. The number of hydrogen-bond acceptors (Lipinski definition) is 3. The zero-order valence-electron chi connectivity index (χ0n) is 19.8. The van der Waals surface area contributed by atoms with Crippen LogP contribution in [0.2, 0.25) is 0 Å². The molecule has 4 aromatic carbocycles. The molecule has 0 radical (unpaired) electrons. The predicted molar refractivity (Wildman–Crippen MR) is 139 cm³/mol. The largest absolute Gasteiger partial charge is 0.319 e. The van der Waals surface area contributed by atoms with Gasteiger partial charge in [-0.3, -0.25) is 0 Å². The highest BCUT2D eigenvalue weighted by Gasteiger charge is 2.39. The summed E-state index contributed by atoms with van der Waals surface area (Å²) < 4.78 is 16.5. The first-order chi connectivity index (χ1) is 17.5. The highest BCUT2D eigenvalue weighted by atomic mass is 19.1. The lowest BCUT2D eigenvalue weighted by Gasteiger charge is -2.37. The fourth-order valence-corrected chi connectivity index (χ4v) is 4.84. The maximum absolute atomic E-state index is 14.5. The highest BCUT2D eigenvalue weighted by molar-refractivity contribution is 5.51. The fraction of sp³-hybridized carbons (Fsp3) is 0.0968. The molecule has 1 heterocycles. The van der Waals surface area contributed by atoms with E-state index >= 15 is 0 Å². The van der Waals surface area contributed by atoms with E-state index in [1.807, 2.05) is 66.9 Å². The quantitative estimate of drug-likeness (QED) is 0.310. The lowest BCUT2D eigenvalue weighted by atomic mass is 9.76. The van der Waals surface area contributed by atoms with E-state index in [-0.39, 0.29) is 5.56 Å². The Morgan fingerprint density at radius 2 is 1.28 bits per heavy atom. The van der Waals surface area contributed by atoms with Crippen LogP contribution in [0.15, 0.2) is 122 Å². The van der Waals surface area contributed by atoms with Crippen molar-refractivity contribution in [3.8, 4) is 6.07 Å². The molecule has 0 spiro atoms. The van der Waals surface area contributed by atoms with E-state index in [1.54, 1.807) is 19.3 Å². The maximum atomic E-state index is 14.5. The minimum Gasteiger partial charge on any atom is -0.319 e. The Morgan fingerprint density at radius 1 is 0.778 bits per heavy atom. The SMILES string of the molecule is CC(N)(c1ccc(C#N)c(F)c1)c1cn(C(c2ccccc2)(c2ccccc2)c2ccccc2)cn1. The molecule has 36 heavy (non-hydrogen) atoms. The van der Waals surface area contributed by atoms with Gasteiger partial charge in [-0.25, -0.2) is 9.37 Å². The molecule has 0 aliphatic rings. The van der Waals surface area contributed by atoms with Crippen molar-refractivity contribution in [2.45, 2.75) is 18.0 Å². The Kier molecular flexibility index (Phi) is 5.97. The third-order valence-electron chi connectivity index (χ3n) is 6.77. The molecule has 0 fully saturated rings. The van der Waals surface area contributed by atoms with Crippen LogP contribution in [0.5, 0.6) is 0 Å². The number of nitrogens with zero attached hydrogens (tertiary/aromatic N) is 3. The zero-order chi connectivity index (χ0) is 25.2. The maximum Gasteiger partial charge on any atom is 0.141 e. The van der Waals surface area contributed by atoms with Gasteiger partial charge in [-0.15, -0.1) is 0 Å². The number of hydrogen-bond donors (Lipinski definition) is 1. The van der Waals surface area contributed by atoms with Crippen molar-refractivity contribution in [3.63, 3.8) is 0 Å². The van der Waals surface area contributed by atoms with Crippen molar-refractivity contribution in [2.24, 2.45) is 5.73 Å². The molecule has 2 N–H and O–H groups in total. The third-order valence-corrected chi connectivity index (χ3v) is 6.77. The number of benzene rings is 4. The van der Waals surface area contributed by atoms with Crippen LogP contribution in [0.1, 0.15) is 40.4 Å². The van der Waals surface area contributed by atoms with Gasteiger partial charge in [-0.2, -0.15) is 5.26 Å². The molecule has 0 saturated carbocycles. The van der Waals surface area contributed by atoms with Crippen molar-refractivity contribution in [1.29, 1.82) is 5.26 Å². The summed E-state index contributed by atoms with van der Waals surface area (Å²) in [4.78, 5) is 4.73. The topological polar surface area (TPSA) is 67.6 Å². The Balaban J connectivity index is 1.74. The average molecular weight is 473 g/mol. The fourth-order valence-electron chi connectivity index (χ4n) is 4.84. The van der Waals surface area contributed by atoms with E-state index in [2.05, 4.69) is 41.0 Å². The molecule has 1 unspecified atom stereocenters. The number of rotatable bonds is 6. The first-order valence-electron chi connectivity index (χ1n) is 11.7. The van der Waals surface area contributed by atoms with Gasteiger partial charge in [0.1, 0.15) is 17.4 Å². The van der Waals surface area contributed by atoms with Gasteiger partial charge in [-0.1, -0.05) is 97.1 Å². The molecule has 5 aromatic rings. The van der Waals surface area contributed by atoms with Crippen LogP contribution in [0.3, 0.4) is 0 Å². The predicted octanol–water partition coefficient (Wildman–Crippen LogP) is 5.96. The lowest BCUT2D eigenvalue weighted by molar-refractivity contribution is 0.510. The molecule has 5 rings (SSSR count). The number of aromatic nitrogens is 2. The number of nitriles is 1. The van der Waals surface area contributed by atoms with E-state index < -0.39 is 16.9 Å². The minimum absolute atomic E-state index is 0.0173. The van der Waals surface area contributed by atoms with E-state index in [0.717, 1.165) is 16.7 Å². The molecule has 4 nitrogen and oxygen atoms in total. The summed E-state index contributed by atoms with van der Waals surface area (Å²) in [6.45, 7) is 1.80. The monoisotopic (exact) mass is 472 g/mol. The van der Waals surface area contributed by atoms with Crippen LogP contribution in [0.4, 0.5) is 4.39 Å². The van der Waals surface area contributed by atoms with Gasteiger partial charge in [0.25, 0.3) is 0 Å². The van der Waals surface area contributed by atoms with Crippen LogP contribution >= 0.6 is 0 Å². The summed E-state index contributed by atoms with van der Waals surface area (Å²) in [6.07, 6.45) is 3.72. The van der Waals surface area contributed by atoms with Crippen LogP contribution < -0.4 is 5.73 Å². The second-order valence-corrected chi connectivity index (χ2v) is 8.98. The van der Waals surface area contributed by atoms with Crippen molar-refractivity contribution >= 4 is 0 Å². The Morgan fingerprint density at radius 3 is 1.72 bits per heavy atom. The second kappa shape index (κ2) is 9.26. The van der Waals surface area contributed by atoms with Gasteiger partial charge in [0.2, 0.25) is 0 Å². The van der Waals surface area contributed by atoms with Gasteiger partial charge in [-0.05, 0) is 41.3 Å². The molecule has 1 aromatic heterocycles. The lowest BCUT2D eigenvalue weighted by Crippen LogP contribution is -2.38. The van der Waals surface area contributed by atoms with E-state index in [9.17, 15) is 4.39 Å². The first-order valence-corrected chi connectivity index (χ1v) is 11.7. The Bertz CT molecular complexity index is 1420. The standard InChI is InChI=1S/C31H25FN4/c1-30(34,27-18-17-23(20-33)28(32)19-27)29-21-36(22-35-29)31(24-11-5-2-6-12-24,25-13-7-3-8-14-25)26-15-9-4-10-16-26/h2-19,21-22H,34H2,1H3. The summed E-state index contributed by atoms with van der Waals surface area (Å²) in [5.41, 5.74) is 9.25. The zero-order valence-corrected chi connectivity index (χ0v) is 19.8. The Hall–Kier alpha value is -4.53. The first kappa shape index (κ1) is 23.2. The van der Waals surface area contributed by atoms with Gasteiger partial charge in [0.15, 0.2) is 0 Å². The molecular weight excluding hydrogens is 447 g/mol. The summed E-state index contributed by atoms with van der Waals surface area (Å²) in [5.74, 6) is -0.599. The smallest absolute Gasteiger partial charge is 0.141 e. The number of imidazole rings is 1. The van der Waals surface area contributed by atoms with E-state index in [1.165, 1.54) is 12.1 Å². The normalized spacial score (nSPS) is 13.1. The average Bonchev–Trinajstić information content (AvgIpc) is 3.42. The van der Waals surface area contributed by atoms with Gasteiger partial charge < -0.3 is 10.3 Å². The number of nitrogens with two attached hydrogens (primary N) is 1. The molecule has 0 aliphatic carbocycles. The van der Waals surface area contributed by atoms with Crippen molar-refractivity contribution < 1.29 is 4.39 Å². The minimum atomic E-state index is -1.09.